The fourth-order valence-corrected chi connectivity index (χ4v) is 2.17. The Morgan fingerprint density at radius 3 is 2.46 bits per heavy atom. The topological polar surface area (TPSA) is 18.5 Å². The van der Waals surface area contributed by atoms with E-state index in [0.29, 0.717) is 0 Å². The van der Waals surface area contributed by atoms with Gasteiger partial charge < -0.3 is 5.43 Å². The number of hydrogen-bond donors (Lipinski definition) is 1. The summed E-state index contributed by atoms with van der Waals surface area (Å²) in [4.78, 5) is 0. The van der Waals surface area contributed by atoms with Gasteiger partial charge in [-0.1, -0.05) is 12.8 Å². The molecule has 2 aliphatic rings. The number of nitrogens with zero attached hydrogens (tertiary/aromatic N) is 2. The number of allylic oxidation sites excluding steroid dienone is 2. The highest BCUT2D eigenvalue weighted by molar-refractivity contribution is 5.14. The number of hydrogen-bond acceptors (Lipinski definition) is 3. The average molecular weight is 181 g/mol. The minimum atomic E-state index is 1.23. The quantitative estimate of drug-likeness (QED) is 0.615. The lowest BCUT2D eigenvalue weighted by atomic mass is 10.0. The maximum atomic E-state index is 3.41. The van der Waals surface area contributed by atoms with Crippen molar-refractivity contribution >= 4 is 0 Å². The van der Waals surface area contributed by atoms with Gasteiger partial charge in [0.2, 0.25) is 0 Å². The summed E-state index contributed by atoms with van der Waals surface area (Å²) in [5, 5.41) is 4.32. The molecule has 2 rings (SSSR count). The minimum absolute atomic E-state index is 1.23. The lowest BCUT2D eigenvalue weighted by Gasteiger charge is -2.23. The Labute approximate surface area is 80.3 Å². The van der Waals surface area contributed by atoms with E-state index in [2.05, 4.69) is 29.6 Å². The lowest BCUT2D eigenvalue weighted by Crippen LogP contribution is -2.37. The normalized spacial score (nSPS) is 25.2. The summed E-state index contributed by atoms with van der Waals surface area (Å²) in [6.07, 6.45) is 7.94. The molecule has 74 valence electrons. The maximum Gasteiger partial charge on any atom is 0.0514 e. The molecule has 0 spiro atoms. The Hall–Kier alpha value is -0.700. The third kappa shape index (κ3) is 1.66. The van der Waals surface area contributed by atoms with Gasteiger partial charge in [0.1, 0.15) is 0 Å². The molecular weight excluding hydrogens is 162 g/mol. The van der Waals surface area contributed by atoms with Crippen molar-refractivity contribution in [2.24, 2.45) is 0 Å². The number of hydrazine groups is 2. The molecule has 3 nitrogen and oxygen atoms in total. The molecule has 0 radical (unpaired) electrons. The van der Waals surface area contributed by atoms with E-state index in [1.807, 2.05) is 0 Å². The smallest absolute Gasteiger partial charge is 0.0514 e. The highest BCUT2D eigenvalue weighted by atomic mass is 15.8. The first kappa shape index (κ1) is 8.88. The summed E-state index contributed by atoms with van der Waals surface area (Å²) in [7, 11) is 4.21. The van der Waals surface area contributed by atoms with E-state index in [4.69, 9.17) is 0 Å². The second kappa shape index (κ2) is 3.58. The standard InChI is InChI=1S/C10H19N3/c1-12-10-8-6-4-3-5-7-9(10)11-13(12)2/h11H,3-8H2,1-2H3. The molecule has 1 N–H and O–H groups in total. The molecule has 0 saturated carbocycles. The van der Waals surface area contributed by atoms with Crippen molar-refractivity contribution in [2.45, 2.75) is 38.5 Å². The lowest BCUT2D eigenvalue weighted by molar-refractivity contribution is 0.0490. The molecule has 1 aliphatic carbocycles. The molecule has 0 amide bonds. The van der Waals surface area contributed by atoms with Gasteiger partial charge in [-0.2, -0.15) is 0 Å². The molecule has 0 unspecified atom stereocenters. The van der Waals surface area contributed by atoms with Crippen molar-refractivity contribution in [3.8, 4) is 0 Å². The molecule has 0 atom stereocenters. The van der Waals surface area contributed by atoms with Crippen molar-refractivity contribution in [2.75, 3.05) is 14.1 Å². The highest BCUT2D eigenvalue weighted by Gasteiger charge is 2.23. The van der Waals surface area contributed by atoms with Gasteiger partial charge in [0.15, 0.2) is 0 Å². The van der Waals surface area contributed by atoms with Crippen molar-refractivity contribution in [3.05, 3.63) is 11.4 Å². The van der Waals surface area contributed by atoms with Gasteiger partial charge >= 0.3 is 0 Å². The van der Waals surface area contributed by atoms with Gasteiger partial charge in [-0.05, 0) is 25.7 Å². The SMILES string of the molecule is CN1NC2=C(CCCCCC2)N1C. The molecule has 0 fully saturated rings. The third-order valence-electron chi connectivity index (χ3n) is 3.08. The second-order valence-electron chi connectivity index (χ2n) is 4.00. The zero-order valence-corrected chi connectivity index (χ0v) is 8.64. The van der Waals surface area contributed by atoms with E-state index >= 15 is 0 Å². The molecule has 1 heterocycles. The summed E-state index contributed by atoms with van der Waals surface area (Å²) < 4.78 is 0. The summed E-state index contributed by atoms with van der Waals surface area (Å²) in [6, 6.07) is 0. The fraction of sp³-hybridized carbons (Fsp3) is 0.800. The summed E-state index contributed by atoms with van der Waals surface area (Å²) >= 11 is 0. The van der Waals surface area contributed by atoms with E-state index in [0.717, 1.165) is 0 Å². The van der Waals surface area contributed by atoms with E-state index in [1.54, 1.807) is 0 Å². The number of nitrogens with one attached hydrogen (secondary N) is 1. The second-order valence-corrected chi connectivity index (χ2v) is 4.00. The van der Waals surface area contributed by atoms with Crippen LogP contribution < -0.4 is 5.43 Å². The van der Waals surface area contributed by atoms with E-state index in [-0.39, 0.29) is 0 Å². The maximum absolute atomic E-state index is 3.41. The average Bonchev–Trinajstić information content (AvgIpc) is 2.31. The Bertz CT molecular complexity index is 222. The van der Waals surface area contributed by atoms with Crippen LogP contribution in [0.4, 0.5) is 0 Å². The van der Waals surface area contributed by atoms with Gasteiger partial charge in [-0.15, -0.1) is 5.12 Å². The van der Waals surface area contributed by atoms with E-state index in [1.165, 1.54) is 49.9 Å². The van der Waals surface area contributed by atoms with Crippen molar-refractivity contribution < 1.29 is 0 Å². The minimum Gasteiger partial charge on any atom is -0.304 e. The van der Waals surface area contributed by atoms with Crippen LogP contribution in [0.2, 0.25) is 0 Å². The van der Waals surface area contributed by atoms with Crippen LogP contribution in [0, 0.1) is 0 Å². The predicted molar refractivity (Wildman–Crippen MR) is 53.4 cm³/mol. The fourth-order valence-electron chi connectivity index (χ4n) is 2.17. The molecule has 0 bridgehead atoms. The van der Waals surface area contributed by atoms with Crippen LogP contribution in [0.3, 0.4) is 0 Å². The Kier molecular flexibility index (Phi) is 2.44. The Morgan fingerprint density at radius 2 is 1.69 bits per heavy atom. The van der Waals surface area contributed by atoms with Crippen molar-refractivity contribution in [1.82, 2.24) is 15.6 Å². The van der Waals surface area contributed by atoms with Gasteiger partial charge in [-0.3, -0.25) is 5.01 Å². The first-order valence-corrected chi connectivity index (χ1v) is 5.25. The van der Waals surface area contributed by atoms with Crippen LogP contribution in [0.15, 0.2) is 11.4 Å². The first-order valence-electron chi connectivity index (χ1n) is 5.25. The monoisotopic (exact) mass is 181 g/mol. The zero-order valence-electron chi connectivity index (χ0n) is 8.64. The van der Waals surface area contributed by atoms with Crippen LogP contribution in [-0.4, -0.2) is 24.2 Å². The summed E-state index contributed by atoms with van der Waals surface area (Å²) in [5.74, 6) is 0. The van der Waals surface area contributed by atoms with E-state index in [9.17, 15) is 0 Å². The Morgan fingerprint density at radius 1 is 1.00 bits per heavy atom. The van der Waals surface area contributed by atoms with Crippen LogP contribution in [-0.2, 0) is 0 Å². The highest BCUT2D eigenvalue weighted by Crippen LogP contribution is 2.27. The van der Waals surface area contributed by atoms with Crippen LogP contribution in [0.25, 0.3) is 0 Å². The molecule has 13 heavy (non-hydrogen) atoms. The molecule has 0 aromatic carbocycles. The molecule has 0 aromatic rings. The van der Waals surface area contributed by atoms with E-state index < -0.39 is 0 Å². The molecule has 0 saturated heterocycles. The molecule has 0 aromatic heterocycles. The van der Waals surface area contributed by atoms with Gasteiger partial charge in [0, 0.05) is 19.8 Å². The predicted octanol–water partition coefficient (Wildman–Crippen LogP) is 1.85. The Balaban J connectivity index is 2.13. The van der Waals surface area contributed by atoms with Crippen LogP contribution in [0.5, 0.6) is 0 Å². The zero-order chi connectivity index (χ0) is 9.26. The molecule has 1 aliphatic heterocycles. The van der Waals surface area contributed by atoms with Gasteiger partial charge in [0.25, 0.3) is 0 Å². The number of rotatable bonds is 0. The van der Waals surface area contributed by atoms with Crippen LogP contribution in [0.1, 0.15) is 38.5 Å². The summed E-state index contributed by atoms with van der Waals surface area (Å²) in [6.45, 7) is 0. The van der Waals surface area contributed by atoms with Gasteiger partial charge in [-0.25, -0.2) is 0 Å². The molecule has 3 heteroatoms. The van der Waals surface area contributed by atoms with Crippen molar-refractivity contribution in [1.29, 1.82) is 0 Å². The largest absolute Gasteiger partial charge is 0.304 e. The van der Waals surface area contributed by atoms with Gasteiger partial charge in [0.05, 0.1) is 5.70 Å². The summed E-state index contributed by atoms with van der Waals surface area (Å²) in [5.41, 5.74) is 6.36. The van der Waals surface area contributed by atoms with Crippen LogP contribution >= 0.6 is 0 Å². The van der Waals surface area contributed by atoms with Crippen molar-refractivity contribution in [3.63, 3.8) is 0 Å². The third-order valence-corrected chi connectivity index (χ3v) is 3.08. The first-order chi connectivity index (χ1) is 6.29. The molecular formula is C10H19N3.